The third kappa shape index (κ3) is 2.39. The van der Waals surface area contributed by atoms with Crippen molar-refractivity contribution in [2.24, 2.45) is 0 Å². The number of amides is 1. The molecule has 0 aliphatic carbocycles. The lowest BCUT2D eigenvalue weighted by molar-refractivity contribution is -0.147. The van der Waals surface area contributed by atoms with Crippen molar-refractivity contribution in [3.8, 4) is 0 Å². The van der Waals surface area contributed by atoms with E-state index < -0.39 is 12.1 Å². The van der Waals surface area contributed by atoms with Gasteiger partial charge in [0.1, 0.15) is 4.32 Å². The van der Waals surface area contributed by atoms with Crippen LogP contribution in [-0.2, 0) is 9.59 Å². The number of carboxylic acids is 1. The molecular weight excluding hydrogens is 214 g/mol. The Balaban J connectivity index is 2.57. The Bertz CT molecular complexity index is 251. The van der Waals surface area contributed by atoms with Crippen LogP contribution < -0.4 is 0 Å². The normalized spacial score (nSPS) is 19.3. The van der Waals surface area contributed by atoms with E-state index in [-0.39, 0.29) is 18.2 Å². The molecule has 0 aromatic rings. The summed E-state index contributed by atoms with van der Waals surface area (Å²) in [5.41, 5.74) is 0. The van der Waals surface area contributed by atoms with E-state index in [1.54, 1.807) is 0 Å². The van der Waals surface area contributed by atoms with Crippen LogP contribution in [0.4, 0.5) is 0 Å². The lowest BCUT2D eigenvalue weighted by Gasteiger charge is -2.16. The van der Waals surface area contributed by atoms with Crippen molar-refractivity contribution in [1.29, 1.82) is 0 Å². The Kier molecular flexibility index (Phi) is 3.23. The molecule has 72 valence electrons. The van der Waals surface area contributed by atoms with Gasteiger partial charge in [0.15, 0.2) is 6.10 Å². The molecule has 13 heavy (non-hydrogen) atoms. The van der Waals surface area contributed by atoms with Crippen LogP contribution in [-0.4, -0.2) is 49.7 Å². The predicted molar refractivity (Wildman–Crippen MR) is 50.4 cm³/mol. The molecule has 1 amide bonds. The number of nitrogens with zero attached hydrogens (tertiary/aromatic N) is 1. The first kappa shape index (κ1) is 10.4. The molecule has 1 heterocycles. The summed E-state index contributed by atoms with van der Waals surface area (Å²) in [6, 6.07) is 0. The van der Waals surface area contributed by atoms with Crippen molar-refractivity contribution in [3.63, 3.8) is 0 Å². The molecule has 1 rings (SSSR count). The maximum absolute atomic E-state index is 11.1. The smallest absolute Gasteiger partial charge is 0.334 e. The summed E-state index contributed by atoms with van der Waals surface area (Å²) in [6.45, 7) is -0.264. The number of rotatable bonds is 3. The number of thiocarbonyl (C=S) groups is 1. The molecule has 1 unspecified atom stereocenters. The van der Waals surface area contributed by atoms with Gasteiger partial charge in [-0.05, 0) is 0 Å². The second-order valence-corrected chi connectivity index (χ2v) is 4.02. The lowest BCUT2D eigenvalue weighted by atomic mass is 10.3. The lowest BCUT2D eigenvalue weighted by Crippen LogP contribution is -2.39. The quantitative estimate of drug-likeness (QED) is 0.613. The highest BCUT2D eigenvalue weighted by molar-refractivity contribution is 8.23. The second kappa shape index (κ2) is 4.03. The first-order chi connectivity index (χ1) is 6.02. The van der Waals surface area contributed by atoms with Crippen molar-refractivity contribution < 1.29 is 19.8 Å². The van der Waals surface area contributed by atoms with Crippen LogP contribution in [0, 0.1) is 0 Å². The van der Waals surface area contributed by atoms with Gasteiger partial charge in [0.05, 0.1) is 12.3 Å². The molecule has 0 saturated carbocycles. The topological polar surface area (TPSA) is 77.8 Å². The predicted octanol–water partition coefficient (Wildman–Crippen LogP) is -0.708. The fourth-order valence-corrected chi connectivity index (χ4v) is 1.90. The minimum atomic E-state index is -1.57. The number of carbonyl (C=O) groups is 2. The number of aliphatic hydroxyl groups excluding tert-OH is 1. The van der Waals surface area contributed by atoms with Gasteiger partial charge in [0, 0.05) is 0 Å². The van der Waals surface area contributed by atoms with E-state index in [1.165, 1.54) is 11.8 Å². The van der Waals surface area contributed by atoms with Crippen molar-refractivity contribution in [2.45, 2.75) is 6.10 Å². The van der Waals surface area contributed by atoms with Gasteiger partial charge in [-0.2, -0.15) is 0 Å². The Labute approximate surface area is 83.7 Å². The summed E-state index contributed by atoms with van der Waals surface area (Å²) in [5.74, 6) is -1.38. The second-order valence-electron chi connectivity index (χ2n) is 2.41. The van der Waals surface area contributed by atoms with Gasteiger partial charge in [-0.15, -0.1) is 0 Å². The highest BCUT2D eigenvalue weighted by Crippen LogP contribution is 2.19. The summed E-state index contributed by atoms with van der Waals surface area (Å²) in [6.07, 6.45) is -1.57. The van der Waals surface area contributed by atoms with Crippen LogP contribution in [0.25, 0.3) is 0 Å². The van der Waals surface area contributed by atoms with E-state index in [0.29, 0.717) is 4.32 Å². The van der Waals surface area contributed by atoms with Gasteiger partial charge in [-0.25, -0.2) is 4.79 Å². The number of hydrogen-bond acceptors (Lipinski definition) is 5. The number of carboxylic acid groups (broad SMARTS) is 1. The first-order valence-electron chi connectivity index (χ1n) is 3.40. The van der Waals surface area contributed by atoms with E-state index in [9.17, 15) is 9.59 Å². The van der Waals surface area contributed by atoms with Crippen molar-refractivity contribution in [3.05, 3.63) is 0 Å². The van der Waals surface area contributed by atoms with E-state index in [0.717, 1.165) is 4.90 Å². The fourth-order valence-electron chi connectivity index (χ4n) is 0.809. The molecule has 5 nitrogen and oxygen atoms in total. The van der Waals surface area contributed by atoms with Gasteiger partial charge in [-0.1, -0.05) is 24.0 Å². The first-order valence-corrected chi connectivity index (χ1v) is 4.79. The maximum Gasteiger partial charge on any atom is 0.334 e. The maximum atomic E-state index is 11.1. The zero-order valence-corrected chi connectivity index (χ0v) is 8.10. The van der Waals surface area contributed by atoms with Crippen LogP contribution in [0.15, 0.2) is 0 Å². The molecule has 0 spiro atoms. The minimum absolute atomic E-state index is 0.227. The zero-order chi connectivity index (χ0) is 10.0. The molecule has 1 aliphatic heterocycles. The summed E-state index contributed by atoms with van der Waals surface area (Å²) in [4.78, 5) is 22.4. The van der Waals surface area contributed by atoms with E-state index in [1.807, 2.05) is 0 Å². The molecule has 1 fully saturated rings. The van der Waals surface area contributed by atoms with Crippen molar-refractivity contribution >= 4 is 40.2 Å². The number of aliphatic carboxylic acids is 1. The molecule has 1 atom stereocenters. The standard InChI is InChI=1S/C6H7NO4S2/c8-3(5(10)11)1-7-4(9)2-13-6(7)12/h3,8H,1-2H2,(H,10,11). The number of β-amino-alcohol motifs (C(OH)–C–C–N with tert-alkyl or cyclic N) is 1. The molecular formula is C6H7NO4S2. The Morgan fingerprint density at radius 2 is 2.38 bits per heavy atom. The Morgan fingerprint density at radius 1 is 1.77 bits per heavy atom. The number of hydrogen-bond donors (Lipinski definition) is 2. The average molecular weight is 221 g/mol. The molecule has 0 bridgehead atoms. The van der Waals surface area contributed by atoms with Crippen molar-refractivity contribution in [2.75, 3.05) is 12.3 Å². The molecule has 0 aromatic heterocycles. The van der Waals surface area contributed by atoms with Crippen LogP contribution >= 0.6 is 24.0 Å². The third-order valence-corrected chi connectivity index (χ3v) is 2.91. The Hall–Kier alpha value is -0.660. The van der Waals surface area contributed by atoms with E-state index >= 15 is 0 Å². The summed E-state index contributed by atoms with van der Waals surface area (Å²) in [5, 5.41) is 17.3. The van der Waals surface area contributed by atoms with E-state index in [2.05, 4.69) is 0 Å². The molecule has 1 aliphatic rings. The molecule has 0 radical (unpaired) electrons. The fraction of sp³-hybridized carbons (Fsp3) is 0.500. The SMILES string of the molecule is O=C(O)C(O)CN1C(=O)CSC1=S. The van der Waals surface area contributed by atoms with Crippen LogP contribution in [0.3, 0.4) is 0 Å². The molecule has 2 N–H and O–H groups in total. The Morgan fingerprint density at radius 3 is 2.77 bits per heavy atom. The highest BCUT2D eigenvalue weighted by atomic mass is 32.2. The summed E-state index contributed by atoms with van der Waals surface area (Å²) >= 11 is 5.96. The largest absolute Gasteiger partial charge is 0.479 e. The van der Waals surface area contributed by atoms with Gasteiger partial charge in [0.25, 0.3) is 0 Å². The third-order valence-electron chi connectivity index (χ3n) is 1.48. The highest BCUT2D eigenvalue weighted by Gasteiger charge is 2.30. The van der Waals surface area contributed by atoms with Gasteiger partial charge >= 0.3 is 5.97 Å². The zero-order valence-electron chi connectivity index (χ0n) is 6.47. The van der Waals surface area contributed by atoms with Crippen LogP contribution in [0.1, 0.15) is 0 Å². The molecule has 7 heteroatoms. The van der Waals surface area contributed by atoms with Crippen molar-refractivity contribution in [1.82, 2.24) is 4.90 Å². The van der Waals surface area contributed by atoms with Gasteiger partial charge in [0.2, 0.25) is 5.91 Å². The van der Waals surface area contributed by atoms with Gasteiger partial charge < -0.3 is 10.2 Å². The number of aliphatic hydroxyl groups is 1. The minimum Gasteiger partial charge on any atom is -0.479 e. The van der Waals surface area contributed by atoms with E-state index in [4.69, 9.17) is 22.4 Å². The van der Waals surface area contributed by atoms with Gasteiger partial charge in [-0.3, -0.25) is 9.69 Å². The average Bonchev–Trinajstić information content (AvgIpc) is 2.35. The molecule has 0 aromatic carbocycles. The van der Waals surface area contributed by atoms with Crippen LogP contribution in [0.5, 0.6) is 0 Å². The summed E-state index contributed by atoms with van der Waals surface area (Å²) < 4.78 is 0.324. The monoisotopic (exact) mass is 221 g/mol. The van der Waals surface area contributed by atoms with Crippen LogP contribution in [0.2, 0.25) is 0 Å². The molecule has 1 saturated heterocycles. The number of thioether (sulfide) groups is 1. The summed E-state index contributed by atoms with van der Waals surface area (Å²) in [7, 11) is 0. The number of carbonyl (C=O) groups excluding carboxylic acids is 1.